The number of aromatic nitrogens is 1. The van der Waals surface area contributed by atoms with E-state index in [0.29, 0.717) is 11.5 Å². The third-order valence-electron chi connectivity index (χ3n) is 2.28. The zero-order valence-electron chi connectivity index (χ0n) is 10.3. The molecular weight excluding hydrogens is 256 g/mol. The van der Waals surface area contributed by atoms with Crippen LogP contribution in [0.5, 0.6) is 11.5 Å². The average molecular weight is 272 g/mol. The summed E-state index contributed by atoms with van der Waals surface area (Å²) >= 11 is 0. The molecular formula is C11H16N2O4S. The molecule has 0 atom stereocenters. The fourth-order valence-corrected chi connectivity index (χ4v) is 1.83. The van der Waals surface area contributed by atoms with Crippen molar-refractivity contribution in [3.8, 4) is 11.5 Å². The fourth-order valence-electron chi connectivity index (χ4n) is 1.36. The summed E-state index contributed by atoms with van der Waals surface area (Å²) in [7, 11) is -3.83. The fraction of sp³-hybridized carbons (Fsp3) is 0.545. The number of pyridine rings is 1. The maximum absolute atomic E-state index is 11.2. The molecule has 2 rings (SSSR count). The van der Waals surface area contributed by atoms with E-state index in [0.717, 1.165) is 12.8 Å². The van der Waals surface area contributed by atoms with Crippen LogP contribution >= 0.6 is 0 Å². The summed E-state index contributed by atoms with van der Waals surface area (Å²) in [5.41, 5.74) is 0. The second-order valence-electron chi connectivity index (χ2n) is 4.50. The van der Waals surface area contributed by atoms with Gasteiger partial charge in [-0.3, -0.25) is 0 Å². The first-order chi connectivity index (χ1) is 8.36. The van der Waals surface area contributed by atoms with E-state index in [1.54, 1.807) is 0 Å². The van der Waals surface area contributed by atoms with Crippen LogP contribution in [0.4, 0.5) is 0 Å². The number of nitrogens with two attached hydrogens (primary N) is 1. The number of hydrogen-bond donors (Lipinski definition) is 1. The summed E-state index contributed by atoms with van der Waals surface area (Å²) in [5, 5.41) is 4.82. The van der Waals surface area contributed by atoms with Crippen molar-refractivity contribution in [2.45, 2.75) is 43.9 Å². The highest BCUT2D eigenvalue weighted by Gasteiger charge is 2.26. The van der Waals surface area contributed by atoms with Gasteiger partial charge in [0.1, 0.15) is 0 Å². The first-order valence-electron chi connectivity index (χ1n) is 5.72. The quantitative estimate of drug-likeness (QED) is 0.865. The van der Waals surface area contributed by atoms with E-state index in [1.807, 2.05) is 13.8 Å². The molecule has 7 heteroatoms. The van der Waals surface area contributed by atoms with Crippen molar-refractivity contribution in [3.63, 3.8) is 0 Å². The van der Waals surface area contributed by atoms with Gasteiger partial charge in [-0.2, -0.15) is 0 Å². The van der Waals surface area contributed by atoms with Gasteiger partial charge >= 0.3 is 0 Å². The van der Waals surface area contributed by atoms with Crippen molar-refractivity contribution in [2.75, 3.05) is 0 Å². The number of hydrogen-bond acceptors (Lipinski definition) is 5. The Labute approximate surface area is 106 Å². The van der Waals surface area contributed by atoms with Crippen LogP contribution in [-0.4, -0.2) is 25.6 Å². The largest absolute Gasteiger partial charge is 0.486 e. The Hall–Kier alpha value is -1.34. The molecule has 0 unspecified atom stereocenters. The predicted molar refractivity (Wildman–Crippen MR) is 65.0 cm³/mol. The van der Waals surface area contributed by atoms with Crippen LogP contribution in [0.3, 0.4) is 0 Å². The van der Waals surface area contributed by atoms with E-state index in [1.165, 1.54) is 12.3 Å². The molecule has 2 N–H and O–H groups in total. The molecule has 1 aromatic rings. The number of rotatable bonds is 5. The third-order valence-corrected chi connectivity index (χ3v) is 3.08. The number of ether oxygens (including phenoxy) is 2. The van der Waals surface area contributed by atoms with Crippen LogP contribution in [0.2, 0.25) is 0 Å². The topological polar surface area (TPSA) is 91.5 Å². The molecule has 100 valence electrons. The van der Waals surface area contributed by atoms with Gasteiger partial charge in [0.05, 0.1) is 18.4 Å². The van der Waals surface area contributed by atoms with Gasteiger partial charge in [0, 0.05) is 6.07 Å². The molecule has 18 heavy (non-hydrogen) atoms. The van der Waals surface area contributed by atoms with Crippen molar-refractivity contribution in [1.29, 1.82) is 0 Å². The molecule has 0 saturated heterocycles. The zero-order valence-corrected chi connectivity index (χ0v) is 11.1. The summed E-state index contributed by atoms with van der Waals surface area (Å²) in [6, 6.07) is 1.31. The summed E-state index contributed by atoms with van der Waals surface area (Å²) in [5.74, 6) is 0.814. The highest BCUT2D eigenvalue weighted by Crippen LogP contribution is 2.34. The van der Waals surface area contributed by atoms with Gasteiger partial charge < -0.3 is 9.47 Å². The Kier molecular flexibility index (Phi) is 3.45. The standard InChI is InChI=1S/C11H16N2O4S/c1-7(2)16-10-6-13-11(18(12,14)15)5-9(10)17-8-3-4-8/h5-8H,3-4H2,1-2H3,(H2,12,14,15). The minimum absolute atomic E-state index is 0.0475. The normalized spacial score (nSPS) is 15.8. The van der Waals surface area contributed by atoms with Gasteiger partial charge in [-0.05, 0) is 26.7 Å². The Morgan fingerprint density at radius 3 is 2.56 bits per heavy atom. The highest BCUT2D eigenvalue weighted by molar-refractivity contribution is 7.89. The van der Waals surface area contributed by atoms with Gasteiger partial charge in [0.25, 0.3) is 10.0 Å². The number of primary sulfonamides is 1. The van der Waals surface area contributed by atoms with E-state index < -0.39 is 10.0 Å². The van der Waals surface area contributed by atoms with E-state index in [9.17, 15) is 8.42 Å². The lowest BCUT2D eigenvalue weighted by molar-refractivity contribution is 0.216. The lowest BCUT2D eigenvalue weighted by Gasteiger charge is -2.14. The summed E-state index contributed by atoms with van der Waals surface area (Å²) in [4.78, 5) is 3.77. The van der Waals surface area contributed by atoms with Crippen LogP contribution in [-0.2, 0) is 10.0 Å². The minimum Gasteiger partial charge on any atom is -0.486 e. The second kappa shape index (κ2) is 4.74. The maximum Gasteiger partial charge on any atom is 0.255 e. The molecule has 0 aromatic carbocycles. The third kappa shape index (κ3) is 3.33. The van der Waals surface area contributed by atoms with Crippen molar-refractivity contribution < 1.29 is 17.9 Å². The molecule has 1 heterocycles. The predicted octanol–water partition coefficient (Wildman–Crippen LogP) is 1.06. The lowest BCUT2D eigenvalue weighted by Crippen LogP contribution is -2.15. The number of nitrogens with zero attached hydrogens (tertiary/aromatic N) is 1. The first-order valence-corrected chi connectivity index (χ1v) is 7.27. The monoisotopic (exact) mass is 272 g/mol. The maximum atomic E-state index is 11.2. The summed E-state index contributed by atoms with van der Waals surface area (Å²) in [6.07, 6.45) is 3.35. The van der Waals surface area contributed by atoms with Crippen molar-refractivity contribution >= 4 is 10.0 Å². The molecule has 0 radical (unpaired) electrons. The molecule has 0 aliphatic heterocycles. The molecule has 1 aromatic heterocycles. The molecule has 1 aliphatic rings. The summed E-state index contributed by atoms with van der Waals surface area (Å²) in [6.45, 7) is 3.74. The van der Waals surface area contributed by atoms with E-state index >= 15 is 0 Å². The highest BCUT2D eigenvalue weighted by atomic mass is 32.2. The number of sulfonamides is 1. The Bertz CT molecular complexity index is 538. The van der Waals surface area contributed by atoms with Crippen molar-refractivity contribution in [2.24, 2.45) is 5.14 Å². The Morgan fingerprint density at radius 2 is 2.06 bits per heavy atom. The van der Waals surface area contributed by atoms with Crippen molar-refractivity contribution in [1.82, 2.24) is 4.98 Å². The van der Waals surface area contributed by atoms with Crippen LogP contribution in [0, 0.1) is 0 Å². The molecule has 1 fully saturated rings. The van der Waals surface area contributed by atoms with E-state index in [4.69, 9.17) is 14.6 Å². The molecule has 0 amide bonds. The minimum atomic E-state index is -3.83. The van der Waals surface area contributed by atoms with Gasteiger partial charge in [-0.15, -0.1) is 0 Å². The smallest absolute Gasteiger partial charge is 0.255 e. The summed E-state index contributed by atoms with van der Waals surface area (Å²) < 4.78 is 33.6. The Morgan fingerprint density at radius 1 is 1.39 bits per heavy atom. The van der Waals surface area contributed by atoms with Crippen LogP contribution < -0.4 is 14.6 Å². The SMILES string of the molecule is CC(C)Oc1cnc(S(N)(=O)=O)cc1OC1CC1. The average Bonchev–Trinajstić information content (AvgIpc) is 3.02. The second-order valence-corrected chi connectivity index (χ2v) is 6.01. The van der Waals surface area contributed by atoms with Crippen LogP contribution in [0.25, 0.3) is 0 Å². The first kappa shape index (κ1) is 13.1. The zero-order chi connectivity index (χ0) is 13.3. The lowest BCUT2D eigenvalue weighted by atomic mass is 10.4. The molecule has 0 bridgehead atoms. The molecule has 0 spiro atoms. The molecule has 1 saturated carbocycles. The van der Waals surface area contributed by atoms with Crippen molar-refractivity contribution in [3.05, 3.63) is 12.3 Å². The Balaban J connectivity index is 2.34. The van der Waals surface area contributed by atoms with Crippen LogP contribution in [0.1, 0.15) is 26.7 Å². The van der Waals surface area contributed by atoms with E-state index in [-0.39, 0.29) is 17.2 Å². The van der Waals surface area contributed by atoms with E-state index in [2.05, 4.69) is 4.98 Å². The van der Waals surface area contributed by atoms with Gasteiger partial charge in [-0.25, -0.2) is 18.5 Å². The van der Waals surface area contributed by atoms with Gasteiger partial charge in [0.2, 0.25) is 0 Å². The molecule has 6 nitrogen and oxygen atoms in total. The molecule has 1 aliphatic carbocycles. The van der Waals surface area contributed by atoms with Gasteiger partial charge in [-0.1, -0.05) is 0 Å². The van der Waals surface area contributed by atoms with Crippen LogP contribution in [0.15, 0.2) is 17.3 Å². The van der Waals surface area contributed by atoms with Gasteiger partial charge in [0.15, 0.2) is 16.5 Å².